The molecule has 0 bridgehead atoms. The molecule has 0 spiro atoms. The molecule has 8 heteroatoms. The summed E-state index contributed by atoms with van der Waals surface area (Å²) in [6.45, 7) is 8.50. The number of amides is 1. The molecule has 0 unspecified atom stereocenters. The van der Waals surface area contributed by atoms with Gasteiger partial charge in [-0.2, -0.15) is 4.31 Å². The Morgan fingerprint density at radius 2 is 1.77 bits per heavy atom. The van der Waals surface area contributed by atoms with Crippen LogP contribution in [0.25, 0.3) is 10.9 Å². The van der Waals surface area contributed by atoms with E-state index in [9.17, 15) is 13.2 Å². The van der Waals surface area contributed by atoms with Gasteiger partial charge < -0.3 is 14.6 Å². The second kappa shape index (κ2) is 9.53. The summed E-state index contributed by atoms with van der Waals surface area (Å²) in [4.78, 5) is 12.8. The first kappa shape index (κ1) is 22.8. The third-order valence-corrected chi connectivity index (χ3v) is 7.24. The first-order chi connectivity index (χ1) is 14.8. The van der Waals surface area contributed by atoms with Crippen molar-refractivity contribution in [3.05, 3.63) is 54.2 Å². The van der Waals surface area contributed by atoms with Gasteiger partial charge in [0.25, 0.3) is 0 Å². The minimum atomic E-state index is -3.75. The number of hydrogen-bond donors (Lipinski definition) is 1. The number of rotatable bonds is 9. The standard InChI is InChI=1S/C23H29N3O4S/c1-5-25(6-2)31(28,29)22-15-19(12-13-21(22)30-7-3)24-23(27)16-26-17(4)14-18-10-8-9-11-20(18)26/h8-15H,5-7,16H2,1-4H3,(H,24,27). The molecule has 0 aliphatic carbocycles. The zero-order chi connectivity index (χ0) is 22.6. The molecule has 0 aliphatic heterocycles. The summed E-state index contributed by atoms with van der Waals surface area (Å²) in [6, 6.07) is 14.6. The Morgan fingerprint density at radius 3 is 2.45 bits per heavy atom. The number of benzene rings is 2. The quantitative estimate of drug-likeness (QED) is 0.542. The summed E-state index contributed by atoms with van der Waals surface area (Å²) in [7, 11) is -3.75. The third kappa shape index (κ3) is 4.75. The van der Waals surface area contributed by atoms with Crippen molar-refractivity contribution in [2.75, 3.05) is 25.0 Å². The zero-order valence-electron chi connectivity index (χ0n) is 18.4. The largest absolute Gasteiger partial charge is 0.492 e. The summed E-state index contributed by atoms with van der Waals surface area (Å²) in [5.41, 5.74) is 2.37. The molecule has 31 heavy (non-hydrogen) atoms. The summed E-state index contributed by atoms with van der Waals surface area (Å²) >= 11 is 0. The maximum Gasteiger partial charge on any atom is 0.246 e. The third-order valence-electron chi connectivity index (χ3n) is 5.17. The molecular formula is C23H29N3O4S. The maximum absolute atomic E-state index is 13.1. The first-order valence-electron chi connectivity index (χ1n) is 10.4. The number of sulfonamides is 1. The van der Waals surface area contributed by atoms with Crippen molar-refractivity contribution in [2.24, 2.45) is 0 Å². The fourth-order valence-electron chi connectivity index (χ4n) is 3.67. The van der Waals surface area contributed by atoms with Gasteiger partial charge in [-0.1, -0.05) is 32.0 Å². The van der Waals surface area contributed by atoms with E-state index < -0.39 is 10.0 Å². The molecule has 3 aromatic rings. The van der Waals surface area contributed by atoms with E-state index in [0.717, 1.165) is 16.6 Å². The highest BCUT2D eigenvalue weighted by Gasteiger charge is 2.26. The van der Waals surface area contributed by atoms with Crippen LogP contribution >= 0.6 is 0 Å². The van der Waals surface area contributed by atoms with Crippen molar-refractivity contribution in [1.82, 2.24) is 8.87 Å². The lowest BCUT2D eigenvalue weighted by atomic mass is 10.2. The van der Waals surface area contributed by atoms with Crippen molar-refractivity contribution in [3.63, 3.8) is 0 Å². The van der Waals surface area contributed by atoms with Gasteiger partial charge in [0.05, 0.1) is 6.61 Å². The van der Waals surface area contributed by atoms with E-state index in [2.05, 4.69) is 5.32 Å². The molecule has 166 valence electrons. The Bertz CT molecular complexity index is 1180. The van der Waals surface area contributed by atoms with Crippen LogP contribution < -0.4 is 10.1 Å². The van der Waals surface area contributed by atoms with Crippen LogP contribution in [-0.4, -0.2) is 42.9 Å². The highest BCUT2D eigenvalue weighted by Crippen LogP contribution is 2.30. The van der Waals surface area contributed by atoms with Crippen LogP contribution in [0.1, 0.15) is 26.5 Å². The number of carbonyl (C=O) groups excluding carboxylic acids is 1. The molecule has 0 radical (unpaired) electrons. The van der Waals surface area contributed by atoms with Gasteiger partial charge in [-0.25, -0.2) is 8.42 Å². The summed E-state index contributed by atoms with van der Waals surface area (Å²) in [5.74, 6) is 0.0412. The number of fused-ring (bicyclic) bond motifs is 1. The van der Waals surface area contributed by atoms with E-state index in [-0.39, 0.29) is 23.1 Å². The van der Waals surface area contributed by atoms with Gasteiger partial charge in [0.15, 0.2) is 0 Å². The van der Waals surface area contributed by atoms with Crippen molar-refractivity contribution < 1.29 is 17.9 Å². The lowest BCUT2D eigenvalue weighted by Gasteiger charge is -2.21. The molecule has 1 aromatic heterocycles. The fourth-order valence-corrected chi connectivity index (χ4v) is 5.28. The minimum Gasteiger partial charge on any atom is -0.492 e. The van der Waals surface area contributed by atoms with Gasteiger partial charge in [0.1, 0.15) is 17.2 Å². The van der Waals surface area contributed by atoms with Crippen molar-refractivity contribution in [3.8, 4) is 5.75 Å². The Balaban J connectivity index is 1.89. The molecule has 2 aromatic carbocycles. The van der Waals surface area contributed by atoms with Gasteiger partial charge in [-0.3, -0.25) is 4.79 Å². The normalized spacial score (nSPS) is 11.8. The lowest BCUT2D eigenvalue weighted by Crippen LogP contribution is -2.31. The zero-order valence-corrected chi connectivity index (χ0v) is 19.2. The second-order valence-corrected chi connectivity index (χ2v) is 9.07. The monoisotopic (exact) mass is 443 g/mol. The van der Waals surface area contributed by atoms with Crippen molar-refractivity contribution in [2.45, 2.75) is 39.1 Å². The Labute approximate surface area is 183 Å². The predicted molar refractivity (Wildman–Crippen MR) is 123 cm³/mol. The molecule has 1 amide bonds. The van der Waals surface area contributed by atoms with Crippen molar-refractivity contribution >= 4 is 32.5 Å². The molecule has 7 nitrogen and oxygen atoms in total. The van der Waals surface area contributed by atoms with E-state index in [0.29, 0.717) is 25.4 Å². The van der Waals surface area contributed by atoms with E-state index in [1.165, 1.54) is 10.4 Å². The molecule has 0 saturated carbocycles. The SMILES string of the molecule is CCOc1ccc(NC(=O)Cn2c(C)cc3ccccc32)cc1S(=O)(=O)N(CC)CC. The maximum atomic E-state index is 13.1. The van der Waals surface area contributed by atoms with Gasteiger partial charge in [0.2, 0.25) is 15.9 Å². The number of hydrogen-bond acceptors (Lipinski definition) is 4. The summed E-state index contributed by atoms with van der Waals surface area (Å²) in [5, 5.41) is 3.90. The Kier molecular flexibility index (Phi) is 7.02. The summed E-state index contributed by atoms with van der Waals surface area (Å²) < 4.78 is 35.1. The molecular weight excluding hydrogens is 414 g/mol. The van der Waals surface area contributed by atoms with Crippen LogP contribution in [0.4, 0.5) is 5.69 Å². The lowest BCUT2D eigenvalue weighted by molar-refractivity contribution is -0.116. The average molecular weight is 444 g/mol. The number of para-hydroxylation sites is 1. The molecule has 3 rings (SSSR count). The van der Waals surface area contributed by atoms with E-state index in [1.54, 1.807) is 32.9 Å². The van der Waals surface area contributed by atoms with Gasteiger partial charge in [-0.05, 0) is 49.6 Å². The summed E-state index contributed by atoms with van der Waals surface area (Å²) in [6.07, 6.45) is 0. The Morgan fingerprint density at radius 1 is 1.06 bits per heavy atom. The highest BCUT2D eigenvalue weighted by atomic mass is 32.2. The van der Waals surface area contributed by atoms with Crippen molar-refractivity contribution in [1.29, 1.82) is 0 Å². The van der Waals surface area contributed by atoms with Crippen LogP contribution in [0, 0.1) is 6.92 Å². The first-order valence-corrected chi connectivity index (χ1v) is 11.9. The van der Waals surface area contributed by atoms with Crippen LogP contribution in [0.15, 0.2) is 53.4 Å². The number of aryl methyl sites for hydroxylation is 1. The number of ether oxygens (including phenoxy) is 1. The van der Waals surface area contributed by atoms with Gasteiger partial charge in [0, 0.05) is 30.0 Å². The fraction of sp³-hybridized carbons (Fsp3) is 0.348. The van der Waals surface area contributed by atoms with Crippen LogP contribution in [-0.2, 0) is 21.4 Å². The molecule has 1 N–H and O–H groups in total. The van der Waals surface area contributed by atoms with Gasteiger partial charge in [-0.15, -0.1) is 0 Å². The van der Waals surface area contributed by atoms with Crippen LogP contribution in [0.3, 0.4) is 0 Å². The molecule has 0 atom stereocenters. The average Bonchev–Trinajstić information content (AvgIpc) is 3.05. The molecule has 0 aliphatic rings. The van der Waals surface area contributed by atoms with E-state index in [4.69, 9.17) is 4.74 Å². The minimum absolute atomic E-state index is 0.0541. The highest BCUT2D eigenvalue weighted by molar-refractivity contribution is 7.89. The van der Waals surface area contributed by atoms with Crippen LogP contribution in [0.5, 0.6) is 5.75 Å². The molecule has 0 saturated heterocycles. The Hall–Kier alpha value is -2.84. The van der Waals surface area contributed by atoms with E-state index >= 15 is 0 Å². The van der Waals surface area contributed by atoms with Crippen LogP contribution in [0.2, 0.25) is 0 Å². The van der Waals surface area contributed by atoms with E-state index in [1.807, 2.05) is 41.8 Å². The molecule has 0 fully saturated rings. The number of nitrogens with zero attached hydrogens (tertiary/aromatic N) is 2. The smallest absolute Gasteiger partial charge is 0.246 e. The number of anilines is 1. The number of aromatic nitrogens is 1. The molecule has 1 heterocycles. The van der Waals surface area contributed by atoms with Gasteiger partial charge >= 0.3 is 0 Å². The second-order valence-electron chi connectivity index (χ2n) is 7.16. The predicted octanol–water partition coefficient (Wildman–Crippen LogP) is 4.02. The number of carbonyl (C=O) groups is 1. The number of nitrogens with one attached hydrogen (secondary N) is 1. The topological polar surface area (TPSA) is 80.6 Å².